The van der Waals surface area contributed by atoms with E-state index in [0.29, 0.717) is 37.7 Å². The number of H-pyrrole nitrogens is 1. The van der Waals surface area contributed by atoms with Crippen LogP contribution in [0.25, 0.3) is 11.3 Å². The lowest BCUT2D eigenvalue weighted by Crippen LogP contribution is -2.15. The first-order chi connectivity index (χ1) is 13.2. The van der Waals surface area contributed by atoms with Crippen LogP contribution in [0, 0.1) is 6.92 Å². The highest BCUT2D eigenvalue weighted by Crippen LogP contribution is 2.29. The SMILES string of the molecule is Cc1cc(C(=O)Nc2cccc(-c3n[nH]c4c3COCC4)c2)nn1CCN. The summed E-state index contributed by atoms with van der Waals surface area (Å²) < 4.78 is 7.29. The van der Waals surface area contributed by atoms with Crippen LogP contribution in [0.3, 0.4) is 0 Å². The maximum atomic E-state index is 12.6. The molecule has 0 spiro atoms. The second-order valence-corrected chi connectivity index (χ2v) is 6.55. The lowest BCUT2D eigenvalue weighted by atomic mass is 10.0. The molecule has 0 saturated carbocycles. The summed E-state index contributed by atoms with van der Waals surface area (Å²) in [6.45, 7) is 4.23. The van der Waals surface area contributed by atoms with Crippen molar-refractivity contribution in [1.82, 2.24) is 20.0 Å². The standard InChI is InChI=1S/C19H22N6O2/c1-12-9-17(24-25(12)7-6-20)19(26)21-14-4-2-3-13(10-14)18-15-11-27-8-5-16(15)22-23-18/h2-4,9-10H,5-8,11,20H2,1H3,(H,21,26)(H,22,23). The third-order valence-electron chi connectivity index (χ3n) is 4.64. The number of benzene rings is 1. The van der Waals surface area contributed by atoms with Crippen molar-refractivity contribution in [3.05, 3.63) is 53.0 Å². The number of aryl methyl sites for hydroxylation is 1. The Morgan fingerprint density at radius 3 is 3.15 bits per heavy atom. The molecule has 0 unspecified atom stereocenters. The number of carbonyl (C=O) groups is 1. The zero-order chi connectivity index (χ0) is 18.8. The summed E-state index contributed by atoms with van der Waals surface area (Å²) in [5, 5.41) is 14.8. The highest BCUT2D eigenvalue weighted by atomic mass is 16.5. The Bertz CT molecular complexity index is 974. The minimum absolute atomic E-state index is 0.251. The van der Waals surface area contributed by atoms with E-state index in [0.717, 1.165) is 34.6 Å². The maximum absolute atomic E-state index is 12.6. The third kappa shape index (κ3) is 3.49. The van der Waals surface area contributed by atoms with Crippen LogP contribution in [-0.2, 0) is 24.3 Å². The smallest absolute Gasteiger partial charge is 0.276 e. The Kier molecular flexibility index (Phi) is 4.74. The number of nitrogens with one attached hydrogen (secondary N) is 2. The zero-order valence-electron chi connectivity index (χ0n) is 15.2. The number of ether oxygens (including phenoxy) is 1. The van der Waals surface area contributed by atoms with E-state index in [9.17, 15) is 4.79 Å². The first kappa shape index (κ1) is 17.4. The van der Waals surface area contributed by atoms with Gasteiger partial charge in [0.2, 0.25) is 0 Å². The van der Waals surface area contributed by atoms with Gasteiger partial charge in [0.25, 0.3) is 5.91 Å². The van der Waals surface area contributed by atoms with Crippen LogP contribution < -0.4 is 11.1 Å². The van der Waals surface area contributed by atoms with Gasteiger partial charge in [0, 0.05) is 41.2 Å². The summed E-state index contributed by atoms with van der Waals surface area (Å²) in [6, 6.07) is 9.39. The average molecular weight is 366 g/mol. The van der Waals surface area contributed by atoms with Crippen molar-refractivity contribution < 1.29 is 9.53 Å². The number of anilines is 1. The molecule has 3 heterocycles. The molecule has 140 valence electrons. The van der Waals surface area contributed by atoms with Crippen LogP contribution in [0.4, 0.5) is 5.69 Å². The number of aromatic amines is 1. The number of amides is 1. The molecule has 0 fully saturated rings. The molecule has 3 aromatic rings. The van der Waals surface area contributed by atoms with Gasteiger partial charge in [0.05, 0.1) is 25.5 Å². The number of fused-ring (bicyclic) bond motifs is 1. The maximum Gasteiger partial charge on any atom is 0.276 e. The Labute approximate surface area is 156 Å². The topological polar surface area (TPSA) is 111 Å². The minimum Gasteiger partial charge on any atom is -0.376 e. The van der Waals surface area contributed by atoms with E-state index in [1.54, 1.807) is 10.7 Å². The second-order valence-electron chi connectivity index (χ2n) is 6.55. The summed E-state index contributed by atoms with van der Waals surface area (Å²) in [5.74, 6) is -0.251. The van der Waals surface area contributed by atoms with Gasteiger partial charge >= 0.3 is 0 Å². The van der Waals surface area contributed by atoms with Gasteiger partial charge in [0.1, 0.15) is 0 Å². The van der Waals surface area contributed by atoms with Crippen LogP contribution in [0.2, 0.25) is 0 Å². The quantitative estimate of drug-likeness (QED) is 0.638. The van der Waals surface area contributed by atoms with E-state index in [1.807, 2.05) is 31.2 Å². The molecule has 2 aromatic heterocycles. The number of nitrogens with zero attached hydrogens (tertiary/aromatic N) is 3. The monoisotopic (exact) mass is 366 g/mol. The minimum atomic E-state index is -0.251. The highest BCUT2D eigenvalue weighted by Gasteiger charge is 2.19. The summed E-state index contributed by atoms with van der Waals surface area (Å²) >= 11 is 0. The fourth-order valence-electron chi connectivity index (χ4n) is 3.26. The highest BCUT2D eigenvalue weighted by molar-refractivity contribution is 6.03. The van der Waals surface area contributed by atoms with Gasteiger partial charge in [0.15, 0.2) is 5.69 Å². The molecule has 4 N–H and O–H groups in total. The molecule has 1 aliphatic heterocycles. The van der Waals surface area contributed by atoms with Gasteiger partial charge in [-0.2, -0.15) is 10.2 Å². The summed E-state index contributed by atoms with van der Waals surface area (Å²) in [6.07, 6.45) is 0.837. The number of carbonyl (C=O) groups excluding carboxylic acids is 1. The van der Waals surface area contributed by atoms with Gasteiger partial charge in [-0.05, 0) is 25.1 Å². The van der Waals surface area contributed by atoms with Gasteiger partial charge in [-0.25, -0.2) is 0 Å². The number of hydrogen-bond donors (Lipinski definition) is 3. The van der Waals surface area contributed by atoms with E-state index in [1.165, 1.54) is 0 Å². The normalized spacial score (nSPS) is 13.4. The molecule has 4 rings (SSSR count). The zero-order valence-corrected chi connectivity index (χ0v) is 15.2. The number of rotatable bonds is 5. The first-order valence-corrected chi connectivity index (χ1v) is 8.96. The molecule has 0 aliphatic carbocycles. The predicted molar refractivity (Wildman–Crippen MR) is 101 cm³/mol. The van der Waals surface area contributed by atoms with E-state index < -0.39 is 0 Å². The van der Waals surface area contributed by atoms with Crippen molar-refractivity contribution >= 4 is 11.6 Å². The number of nitrogens with two attached hydrogens (primary N) is 1. The fraction of sp³-hybridized carbons (Fsp3) is 0.316. The van der Waals surface area contributed by atoms with E-state index in [2.05, 4.69) is 20.6 Å². The van der Waals surface area contributed by atoms with Crippen LogP contribution in [-0.4, -0.2) is 39.0 Å². The summed E-state index contributed by atoms with van der Waals surface area (Å²) in [7, 11) is 0. The van der Waals surface area contributed by atoms with Gasteiger partial charge in [-0.15, -0.1) is 0 Å². The van der Waals surface area contributed by atoms with Crippen molar-refractivity contribution in [2.75, 3.05) is 18.5 Å². The molecule has 0 bridgehead atoms. The van der Waals surface area contributed by atoms with Crippen LogP contribution in [0.15, 0.2) is 30.3 Å². The molecule has 0 radical (unpaired) electrons. The first-order valence-electron chi connectivity index (χ1n) is 8.96. The predicted octanol–water partition coefficient (Wildman–Crippen LogP) is 1.87. The molecule has 0 saturated heterocycles. The average Bonchev–Trinajstić information content (AvgIpc) is 3.26. The Balaban J connectivity index is 1.55. The van der Waals surface area contributed by atoms with Crippen LogP contribution in [0.5, 0.6) is 0 Å². The van der Waals surface area contributed by atoms with Crippen molar-refractivity contribution in [2.45, 2.75) is 26.5 Å². The van der Waals surface area contributed by atoms with Crippen molar-refractivity contribution in [3.8, 4) is 11.3 Å². The van der Waals surface area contributed by atoms with Crippen molar-refractivity contribution in [1.29, 1.82) is 0 Å². The molecular formula is C19H22N6O2. The van der Waals surface area contributed by atoms with Gasteiger partial charge in [-0.1, -0.05) is 12.1 Å². The lowest BCUT2D eigenvalue weighted by molar-refractivity contribution is 0.102. The molecule has 1 amide bonds. The Morgan fingerprint density at radius 2 is 2.30 bits per heavy atom. The second kappa shape index (κ2) is 7.34. The molecular weight excluding hydrogens is 344 g/mol. The van der Waals surface area contributed by atoms with Crippen LogP contribution >= 0.6 is 0 Å². The van der Waals surface area contributed by atoms with Crippen molar-refractivity contribution in [3.63, 3.8) is 0 Å². The molecule has 1 aromatic carbocycles. The van der Waals surface area contributed by atoms with E-state index >= 15 is 0 Å². The lowest BCUT2D eigenvalue weighted by Gasteiger charge is -2.12. The Morgan fingerprint density at radius 1 is 1.41 bits per heavy atom. The molecule has 27 heavy (non-hydrogen) atoms. The van der Waals surface area contributed by atoms with Crippen molar-refractivity contribution in [2.24, 2.45) is 5.73 Å². The fourth-order valence-corrected chi connectivity index (χ4v) is 3.26. The molecule has 0 atom stereocenters. The molecule has 1 aliphatic rings. The van der Waals surface area contributed by atoms with Crippen LogP contribution in [0.1, 0.15) is 27.4 Å². The summed E-state index contributed by atoms with van der Waals surface area (Å²) in [5.41, 5.74) is 11.5. The third-order valence-corrected chi connectivity index (χ3v) is 4.64. The number of hydrogen-bond acceptors (Lipinski definition) is 5. The molecule has 8 heteroatoms. The molecule has 8 nitrogen and oxygen atoms in total. The summed E-state index contributed by atoms with van der Waals surface area (Å²) in [4.78, 5) is 12.6. The van der Waals surface area contributed by atoms with Gasteiger partial charge < -0.3 is 15.8 Å². The van der Waals surface area contributed by atoms with Gasteiger partial charge in [-0.3, -0.25) is 14.6 Å². The van der Waals surface area contributed by atoms with E-state index in [4.69, 9.17) is 10.5 Å². The number of aromatic nitrogens is 4. The Hall–Kier alpha value is -2.97. The van der Waals surface area contributed by atoms with E-state index in [-0.39, 0.29) is 5.91 Å². The largest absolute Gasteiger partial charge is 0.376 e.